The molecule has 0 aliphatic carbocycles. The molecule has 0 fully saturated rings. The molecular weight excluding hydrogens is 210 g/mol. The third-order valence-electron chi connectivity index (χ3n) is 3.33. The highest BCUT2D eigenvalue weighted by atomic mass is 15.2. The predicted octanol–water partition coefficient (Wildman–Crippen LogP) is 3.63. The molecule has 3 nitrogen and oxygen atoms in total. The quantitative estimate of drug-likeness (QED) is 0.847. The summed E-state index contributed by atoms with van der Waals surface area (Å²) in [5, 5.41) is 3.40. The number of hydrogen-bond acceptors (Lipinski definition) is 2. The Balaban J connectivity index is 2.63. The molecule has 1 N–H and O–H groups in total. The minimum Gasteiger partial charge on any atom is -0.355 e. The Morgan fingerprint density at radius 2 is 1.94 bits per heavy atom. The number of nitrogens with zero attached hydrogens (tertiary/aromatic N) is 2. The summed E-state index contributed by atoms with van der Waals surface area (Å²) in [6.07, 6.45) is 3.93. The van der Waals surface area contributed by atoms with E-state index in [1.165, 1.54) is 0 Å². The second-order valence-electron chi connectivity index (χ2n) is 6.45. The van der Waals surface area contributed by atoms with Gasteiger partial charge in [0.05, 0.1) is 0 Å². The summed E-state index contributed by atoms with van der Waals surface area (Å²) >= 11 is 0. The van der Waals surface area contributed by atoms with Gasteiger partial charge in [0.25, 0.3) is 0 Å². The summed E-state index contributed by atoms with van der Waals surface area (Å²) in [7, 11) is 0. The summed E-state index contributed by atoms with van der Waals surface area (Å²) in [4.78, 5) is 4.38. The molecule has 0 spiro atoms. The summed E-state index contributed by atoms with van der Waals surface area (Å²) < 4.78 is 2.22. The van der Waals surface area contributed by atoms with Crippen LogP contribution in [0.3, 0.4) is 0 Å². The molecule has 0 aliphatic heterocycles. The van der Waals surface area contributed by atoms with E-state index >= 15 is 0 Å². The molecule has 0 aromatic carbocycles. The average molecular weight is 237 g/mol. The molecule has 1 rings (SSSR count). The van der Waals surface area contributed by atoms with Gasteiger partial charge in [0.2, 0.25) is 5.95 Å². The van der Waals surface area contributed by atoms with Crippen molar-refractivity contribution in [2.24, 2.45) is 17.3 Å². The van der Waals surface area contributed by atoms with Crippen molar-refractivity contribution in [1.82, 2.24) is 9.55 Å². The van der Waals surface area contributed by atoms with Crippen LogP contribution in [0.15, 0.2) is 12.4 Å². The van der Waals surface area contributed by atoms with Crippen molar-refractivity contribution in [2.45, 2.75) is 48.1 Å². The van der Waals surface area contributed by atoms with Crippen molar-refractivity contribution in [3.63, 3.8) is 0 Å². The third kappa shape index (κ3) is 4.41. The maximum Gasteiger partial charge on any atom is 0.202 e. The topological polar surface area (TPSA) is 29.9 Å². The van der Waals surface area contributed by atoms with Crippen LogP contribution in [0.5, 0.6) is 0 Å². The van der Waals surface area contributed by atoms with E-state index in [4.69, 9.17) is 0 Å². The molecule has 1 unspecified atom stereocenters. The SMILES string of the molecule is CC(C)CNc1nccn1CC(C)C(C)(C)C. The molecule has 0 radical (unpaired) electrons. The average Bonchev–Trinajstić information content (AvgIpc) is 2.60. The molecule has 0 saturated carbocycles. The van der Waals surface area contributed by atoms with Gasteiger partial charge in [-0.3, -0.25) is 0 Å². The molecule has 1 heterocycles. The zero-order valence-corrected chi connectivity index (χ0v) is 12.1. The first kappa shape index (κ1) is 14.1. The first-order valence-corrected chi connectivity index (χ1v) is 6.55. The van der Waals surface area contributed by atoms with Gasteiger partial charge >= 0.3 is 0 Å². The standard InChI is InChI=1S/C14H27N3/c1-11(2)9-16-13-15-7-8-17(13)10-12(3)14(4,5)6/h7-8,11-12H,9-10H2,1-6H3,(H,15,16). The van der Waals surface area contributed by atoms with Gasteiger partial charge in [-0.15, -0.1) is 0 Å². The molecule has 0 aliphatic rings. The van der Waals surface area contributed by atoms with Crippen LogP contribution in [0.25, 0.3) is 0 Å². The van der Waals surface area contributed by atoms with Gasteiger partial charge in [-0.05, 0) is 17.3 Å². The summed E-state index contributed by atoms with van der Waals surface area (Å²) in [5.74, 6) is 2.26. The van der Waals surface area contributed by atoms with Gasteiger partial charge in [0, 0.05) is 25.5 Å². The van der Waals surface area contributed by atoms with Crippen LogP contribution in [0.4, 0.5) is 5.95 Å². The molecule has 0 amide bonds. The van der Waals surface area contributed by atoms with Crippen LogP contribution in [0, 0.1) is 17.3 Å². The minimum absolute atomic E-state index is 0.333. The Hall–Kier alpha value is -0.990. The Morgan fingerprint density at radius 3 is 2.47 bits per heavy atom. The van der Waals surface area contributed by atoms with E-state index < -0.39 is 0 Å². The molecule has 1 aromatic rings. The molecule has 3 heteroatoms. The van der Waals surface area contributed by atoms with Gasteiger partial charge in [-0.1, -0.05) is 41.5 Å². The van der Waals surface area contributed by atoms with Gasteiger partial charge in [-0.2, -0.15) is 0 Å². The number of nitrogens with one attached hydrogen (secondary N) is 1. The molecule has 0 saturated heterocycles. The van der Waals surface area contributed by atoms with Crippen molar-refractivity contribution in [2.75, 3.05) is 11.9 Å². The number of anilines is 1. The number of imidazole rings is 1. The monoisotopic (exact) mass is 237 g/mol. The first-order valence-electron chi connectivity index (χ1n) is 6.55. The zero-order valence-electron chi connectivity index (χ0n) is 12.1. The minimum atomic E-state index is 0.333. The van der Waals surface area contributed by atoms with Crippen molar-refractivity contribution in [3.8, 4) is 0 Å². The summed E-state index contributed by atoms with van der Waals surface area (Å²) in [6, 6.07) is 0. The van der Waals surface area contributed by atoms with E-state index in [-0.39, 0.29) is 0 Å². The zero-order chi connectivity index (χ0) is 13.1. The van der Waals surface area contributed by atoms with Crippen molar-refractivity contribution in [1.29, 1.82) is 0 Å². The Labute approximate surface area is 106 Å². The van der Waals surface area contributed by atoms with Crippen LogP contribution in [-0.4, -0.2) is 16.1 Å². The lowest BCUT2D eigenvalue weighted by atomic mass is 9.82. The fourth-order valence-corrected chi connectivity index (χ4v) is 1.49. The Bertz CT molecular complexity index is 333. The third-order valence-corrected chi connectivity index (χ3v) is 3.33. The first-order chi connectivity index (χ1) is 7.80. The molecule has 17 heavy (non-hydrogen) atoms. The predicted molar refractivity (Wildman–Crippen MR) is 74.2 cm³/mol. The van der Waals surface area contributed by atoms with Crippen LogP contribution < -0.4 is 5.32 Å². The molecule has 98 valence electrons. The van der Waals surface area contributed by atoms with Gasteiger partial charge < -0.3 is 9.88 Å². The van der Waals surface area contributed by atoms with Crippen LogP contribution in [0.2, 0.25) is 0 Å². The molecule has 1 aromatic heterocycles. The second-order valence-corrected chi connectivity index (χ2v) is 6.45. The van der Waals surface area contributed by atoms with E-state index in [0.29, 0.717) is 17.3 Å². The largest absolute Gasteiger partial charge is 0.355 e. The van der Waals surface area contributed by atoms with Crippen molar-refractivity contribution in [3.05, 3.63) is 12.4 Å². The van der Waals surface area contributed by atoms with Crippen LogP contribution >= 0.6 is 0 Å². The fraction of sp³-hybridized carbons (Fsp3) is 0.786. The van der Waals surface area contributed by atoms with Crippen LogP contribution in [0.1, 0.15) is 41.5 Å². The maximum atomic E-state index is 4.38. The lowest BCUT2D eigenvalue weighted by Gasteiger charge is -2.28. The maximum absolute atomic E-state index is 4.38. The Kier molecular flexibility index (Phi) is 4.61. The van der Waals surface area contributed by atoms with E-state index in [9.17, 15) is 0 Å². The molecular formula is C14H27N3. The van der Waals surface area contributed by atoms with Crippen molar-refractivity contribution < 1.29 is 0 Å². The normalized spacial score (nSPS) is 14.1. The smallest absolute Gasteiger partial charge is 0.202 e. The number of hydrogen-bond donors (Lipinski definition) is 1. The van der Waals surface area contributed by atoms with E-state index in [1.54, 1.807) is 0 Å². The van der Waals surface area contributed by atoms with E-state index in [0.717, 1.165) is 19.0 Å². The number of rotatable bonds is 5. The van der Waals surface area contributed by atoms with E-state index in [2.05, 4.69) is 62.6 Å². The van der Waals surface area contributed by atoms with Crippen LogP contribution in [-0.2, 0) is 6.54 Å². The summed E-state index contributed by atoms with van der Waals surface area (Å²) in [6.45, 7) is 15.6. The van der Waals surface area contributed by atoms with Crippen molar-refractivity contribution >= 4 is 5.95 Å². The highest BCUT2D eigenvalue weighted by molar-refractivity contribution is 5.25. The van der Waals surface area contributed by atoms with Gasteiger partial charge in [0.1, 0.15) is 0 Å². The molecule has 0 bridgehead atoms. The van der Waals surface area contributed by atoms with Gasteiger partial charge in [-0.25, -0.2) is 4.98 Å². The lowest BCUT2D eigenvalue weighted by Crippen LogP contribution is -2.23. The second kappa shape index (κ2) is 5.56. The lowest BCUT2D eigenvalue weighted by molar-refractivity contribution is 0.233. The fourth-order valence-electron chi connectivity index (χ4n) is 1.49. The summed E-state index contributed by atoms with van der Waals surface area (Å²) in [5.41, 5.74) is 0.333. The van der Waals surface area contributed by atoms with Gasteiger partial charge in [0.15, 0.2) is 0 Å². The number of aromatic nitrogens is 2. The molecule has 1 atom stereocenters. The highest BCUT2D eigenvalue weighted by Gasteiger charge is 2.21. The van der Waals surface area contributed by atoms with E-state index in [1.807, 2.05) is 6.20 Å². The highest BCUT2D eigenvalue weighted by Crippen LogP contribution is 2.27. The Morgan fingerprint density at radius 1 is 1.29 bits per heavy atom.